The topological polar surface area (TPSA) is 119 Å². The summed E-state index contributed by atoms with van der Waals surface area (Å²) in [5, 5.41) is 5.75. The summed E-state index contributed by atoms with van der Waals surface area (Å²) in [6, 6.07) is 7.54. The highest BCUT2D eigenvalue weighted by molar-refractivity contribution is 5.91. The maximum absolute atomic E-state index is 12.8. The van der Waals surface area contributed by atoms with E-state index in [0.29, 0.717) is 50.9 Å². The Morgan fingerprint density at radius 2 is 1.86 bits per heavy atom. The minimum absolute atomic E-state index is 0.000526. The van der Waals surface area contributed by atoms with Gasteiger partial charge in [-0.25, -0.2) is 4.79 Å². The second kappa shape index (κ2) is 13.7. The van der Waals surface area contributed by atoms with Crippen LogP contribution in [0.3, 0.4) is 0 Å². The lowest BCUT2D eigenvalue weighted by molar-refractivity contribution is -0.122. The molecule has 1 spiro atoms. The fourth-order valence-corrected chi connectivity index (χ4v) is 6.25. The van der Waals surface area contributed by atoms with Gasteiger partial charge in [-0.3, -0.25) is 9.59 Å². The molecule has 2 saturated heterocycles. The Labute approximate surface area is 250 Å². The highest BCUT2D eigenvalue weighted by Crippen LogP contribution is 2.59. The van der Waals surface area contributed by atoms with Crippen LogP contribution in [0.2, 0.25) is 0 Å². The zero-order chi connectivity index (χ0) is 30.5. The number of carbonyl (C=O) groups is 3. The first kappa shape index (κ1) is 32.2. The number of benzene rings is 1. The number of ether oxygens (including phenoxy) is 4. The predicted molar refractivity (Wildman–Crippen MR) is 160 cm³/mol. The summed E-state index contributed by atoms with van der Waals surface area (Å²) in [7, 11) is 1.67. The second-order valence-corrected chi connectivity index (χ2v) is 12.7. The Hall–Kier alpha value is -2.75. The Balaban J connectivity index is 1.21. The third-order valence-electron chi connectivity index (χ3n) is 8.89. The molecule has 2 aliphatic heterocycles. The van der Waals surface area contributed by atoms with Crippen LogP contribution in [0.5, 0.6) is 0 Å². The average Bonchev–Trinajstić information content (AvgIpc) is 3.86. The van der Waals surface area contributed by atoms with Crippen molar-refractivity contribution in [3.05, 3.63) is 41.5 Å². The SMILES string of the molecule is CO[C@@H]1[C@H](OC(=O)NCCc2ccc(NC(=O)CCCC(=O)C(C)C)cc2)CC[C@]2(CO2)[C@H]1[C@@]1(C)O[C@@H]1CC=C(C)C. The summed E-state index contributed by atoms with van der Waals surface area (Å²) >= 11 is 0. The van der Waals surface area contributed by atoms with E-state index in [9.17, 15) is 14.4 Å². The third kappa shape index (κ3) is 7.99. The Morgan fingerprint density at radius 1 is 1.14 bits per heavy atom. The Morgan fingerprint density at radius 3 is 2.48 bits per heavy atom. The molecule has 4 rings (SSSR count). The van der Waals surface area contributed by atoms with Crippen molar-refractivity contribution in [2.75, 3.05) is 25.6 Å². The van der Waals surface area contributed by atoms with Crippen LogP contribution in [0.25, 0.3) is 0 Å². The van der Waals surface area contributed by atoms with E-state index < -0.39 is 6.09 Å². The van der Waals surface area contributed by atoms with Gasteiger partial charge in [0, 0.05) is 38.1 Å². The number of ketones is 1. The molecule has 1 saturated carbocycles. The molecule has 0 bridgehead atoms. The van der Waals surface area contributed by atoms with Crippen molar-refractivity contribution in [3.63, 3.8) is 0 Å². The predicted octanol–water partition coefficient (Wildman–Crippen LogP) is 5.37. The number of Topliss-reactive ketones (excluding diaryl/α,β-unsaturated/α-hetero) is 1. The van der Waals surface area contributed by atoms with Crippen LogP contribution in [0, 0.1) is 11.8 Å². The molecule has 1 aliphatic carbocycles. The van der Waals surface area contributed by atoms with E-state index in [4.69, 9.17) is 18.9 Å². The van der Waals surface area contributed by atoms with Crippen LogP contribution < -0.4 is 10.6 Å². The van der Waals surface area contributed by atoms with E-state index in [1.807, 2.05) is 38.1 Å². The largest absolute Gasteiger partial charge is 0.443 e. The first-order valence-electron chi connectivity index (χ1n) is 15.3. The Bertz CT molecular complexity index is 1140. The summed E-state index contributed by atoms with van der Waals surface area (Å²) in [6.07, 6.45) is 5.39. The lowest BCUT2D eigenvalue weighted by atomic mass is 9.68. The van der Waals surface area contributed by atoms with Gasteiger partial charge in [-0.2, -0.15) is 0 Å². The van der Waals surface area contributed by atoms with Gasteiger partial charge < -0.3 is 29.6 Å². The number of hydrogen-bond donors (Lipinski definition) is 2. The lowest BCUT2D eigenvalue weighted by Gasteiger charge is -2.42. The number of alkyl carbamates (subject to hydrolysis) is 1. The van der Waals surface area contributed by atoms with E-state index in [-0.39, 0.29) is 53.0 Å². The molecule has 2 heterocycles. The monoisotopic (exact) mass is 584 g/mol. The molecular weight excluding hydrogens is 536 g/mol. The standard InChI is InChI=1S/C33H48N2O7/c1-21(2)10-15-27-32(5,42-27)30-29(39-6)26(16-18-33(30)20-40-33)41-31(38)34-19-17-23-11-13-24(14-12-23)35-28(37)9-7-8-25(36)22(3)4/h10-14,22,26-27,29-30H,7-9,15-20H2,1-6H3,(H,34,38)(H,35,37)/t26-,27-,29-,30-,32+,33+/m1/s1. The van der Waals surface area contributed by atoms with Crippen LogP contribution in [0.4, 0.5) is 10.5 Å². The van der Waals surface area contributed by atoms with E-state index in [0.717, 1.165) is 18.4 Å². The van der Waals surface area contributed by atoms with Crippen LogP contribution in [-0.4, -0.2) is 67.6 Å². The van der Waals surface area contributed by atoms with Crippen molar-refractivity contribution in [1.82, 2.24) is 5.32 Å². The Kier molecular flexibility index (Phi) is 10.5. The first-order valence-corrected chi connectivity index (χ1v) is 15.3. The third-order valence-corrected chi connectivity index (χ3v) is 8.89. The fraction of sp³-hybridized carbons (Fsp3) is 0.667. The van der Waals surface area contributed by atoms with Crippen LogP contribution in [0.1, 0.15) is 78.7 Å². The molecule has 2 N–H and O–H groups in total. The highest BCUT2D eigenvalue weighted by Gasteiger charge is 2.72. The number of allylic oxidation sites excluding steroid dienone is 1. The summed E-state index contributed by atoms with van der Waals surface area (Å²) < 4.78 is 24.1. The highest BCUT2D eigenvalue weighted by atomic mass is 16.6. The van der Waals surface area contributed by atoms with Gasteiger partial charge in [-0.15, -0.1) is 0 Å². The number of epoxide rings is 2. The van der Waals surface area contributed by atoms with E-state index in [1.54, 1.807) is 7.11 Å². The van der Waals surface area contributed by atoms with Gasteiger partial charge in [0.2, 0.25) is 5.91 Å². The minimum atomic E-state index is -0.462. The van der Waals surface area contributed by atoms with E-state index >= 15 is 0 Å². The minimum Gasteiger partial charge on any atom is -0.443 e. The average molecular weight is 585 g/mol. The number of anilines is 1. The molecule has 3 fully saturated rings. The van der Waals surface area contributed by atoms with Gasteiger partial charge in [0.25, 0.3) is 0 Å². The summed E-state index contributed by atoms with van der Waals surface area (Å²) in [4.78, 5) is 36.7. The quantitative estimate of drug-likeness (QED) is 0.223. The number of rotatable bonds is 14. The number of carbonyl (C=O) groups excluding carboxylic acids is 3. The van der Waals surface area contributed by atoms with Gasteiger partial charge in [-0.1, -0.05) is 37.6 Å². The molecule has 6 atom stereocenters. The maximum Gasteiger partial charge on any atom is 0.407 e. The van der Waals surface area contributed by atoms with Crippen molar-refractivity contribution in [3.8, 4) is 0 Å². The van der Waals surface area contributed by atoms with Crippen molar-refractivity contribution in [1.29, 1.82) is 0 Å². The molecule has 42 heavy (non-hydrogen) atoms. The zero-order valence-electron chi connectivity index (χ0n) is 26.0. The van der Waals surface area contributed by atoms with Gasteiger partial charge >= 0.3 is 6.09 Å². The molecule has 1 aromatic rings. The number of nitrogens with one attached hydrogen (secondary N) is 2. The molecule has 232 valence electrons. The fourth-order valence-electron chi connectivity index (χ4n) is 6.25. The van der Waals surface area contributed by atoms with Crippen molar-refractivity contribution in [2.45, 2.75) is 109 Å². The van der Waals surface area contributed by atoms with E-state index in [1.165, 1.54) is 5.57 Å². The first-order chi connectivity index (χ1) is 20.0. The molecule has 0 radical (unpaired) electrons. The smallest absolute Gasteiger partial charge is 0.407 e. The normalized spacial score (nSPS) is 29.6. The second-order valence-electron chi connectivity index (χ2n) is 12.7. The molecule has 9 nitrogen and oxygen atoms in total. The van der Waals surface area contributed by atoms with E-state index in [2.05, 4.69) is 37.5 Å². The van der Waals surface area contributed by atoms with Crippen molar-refractivity contribution >= 4 is 23.5 Å². The zero-order valence-corrected chi connectivity index (χ0v) is 26.0. The summed E-state index contributed by atoms with van der Waals surface area (Å²) in [5.41, 5.74) is 2.36. The van der Waals surface area contributed by atoms with Gasteiger partial charge in [0.15, 0.2) is 0 Å². The molecule has 1 aromatic carbocycles. The summed E-state index contributed by atoms with van der Waals surface area (Å²) in [5.74, 6) is 0.0606. The molecule has 9 heteroatoms. The van der Waals surface area contributed by atoms with Crippen LogP contribution in [0.15, 0.2) is 35.9 Å². The van der Waals surface area contributed by atoms with Crippen LogP contribution >= 0.6 is 0 Å². The van der Waals surface area contributed by atoms with Gasteiger partial charge in [0.05, 0.1) is 18.6 Å². The van der Waals surface area contributed by atoms with Crippen LogP contribution in [-0.2, 0) is 35.0 Å². The maximum atomic E-state index is 12.8. The number of methoxy groups -OCH3 is 1. The molecule has 2 amide bonds. The van der Waals surface area contributed by atoms with Gasteiger partial charge in [0.1, 0.15) is 29.2 Å². The number of hydrogen-bond acceptors (Lipinski definition) is 7. The van der Waals surface area contributed by atoms with Crippen molar-refractivity contribution in [2.24, 2.45) is 11.8 Å². The summed E-state index contributed by atoms with van der Waals surface area (Å²) in [6.45, 7) is 11.2. The molecule has 3 aliphatic rings. The lowest BCUT2D eigenvalue weighted by Crippen LogP contribution is -2.56. The molecular formula is C33H48N2O7. The molecule has 0 aromatic heterocycles. The molecule has 0 unspecified atom stereocenters. The van der Waals surface area contributed by atoms with Crippen molar-refractivity contribution < 1.29 is 33.3 Å². The number of amides is 2. The van der Waals surface area contributed by atoms with Gasteiger partial charge in [-0.05, 0) is 70.6 Å².